The van der Waals surface area contributed by atoms with E-state index in [0.29, 0.717) is 13.2 Å². The number of carboxylic acid groups (broad SMARTS) is 1. The van der Waals surface area contributed by atoms with Crippen molar-refractivity contribution in [2.45, 2.75) is 45.4 Å². The predicted molar refractivity (Wildman–Crippen MR) is 62.8 cm³/mol. The molecule has 5 heteroatoms. The van der Waals surface area contributed by atoms with Crippen molar-refractivity contribution in [2.75, 3.05) is 13.2 Å². The van der Waals surface area contributed by atoms with Gasteiger partial charge in [0.2, 0.25) is 0 Å². The first-order valence-corrected chi connectivity index (χ1v) is 6.20. The molecule has 0 saturated heterocycles. The molecule has 2 N–H and O–H groups in total. The monoisotopic (exact) mass is 243 g/mol. The average Bonchev–Trinajstić information content (AvgIpc) is 2.27. The normalized spacial score (nSPS) is 18.4. The molecule has 1 aliphatic carbocycles. The Kier molecular flexibility index (Phi) is 5.25. The number of alkyl carbamates (subject to hydrolysis) is 1. The topological polar surface area (TPSA) is 75.6 Å². The standard InChI is InChI=1S/C12H21NO4/c1-2-17-11(16)13-9-12(8-10(14)15)6-4-3-5-7-12/h2-9H2,1H3,(H,13,16)(H,14,15). The first-order chi connectivity index (χ1) is 8.08. The first-order valence-electron chi connectivity index (χ1n) is 6.20. The van der Waals surface area contributed by atoms with Crippen LogP contribution in [0.4, 0.5) is 4.79 Å². The molecule has 0 heterocycles. The van der Waals surface area contributed by atoms with E-state index in [-0.39, 0.29) is 11.8 Å². The van der Waals surface area contributed by atoms with E-state index < -0.39 is 12.1 Å². The average molecular weight is 243 g/mol. The summed E-state index contributed by atoms with van der Waals surface area (Å²) < 4.78 is 4.79. The minimum absolute atomic E-state index is 0.124. The van der Waals surface area contributed by atoms with Crippen LogP contribution in [-0.4, -0.2) is 30.3 Å². The maximum absolute atomic E-state index is 11.2. The molecule has 5 nitrogen and oxygen atoms in total. The van der Waals surface area contributed by atoms with Gasteiger partial charge in [0.15, 0.2) is 0 Å². The van der Waals surface area contributed by atoms with E-state index in [1.54, 1.807) is 6.92 Å². The molecule has 0 atom stereocenters. The zero-order valence-electron chi connectivity index (χ0n) is 10.3. The Balaban J connectivity index is 2.51. The Labute approximate surface area is 102 Å². The van der Waals surface area contributed by atoms with Crippen molar-refractivity contribution in [1.29, 1.82) is 0 Å². The summed E-state index contributed by atoms with van der Waals surface area (Å²) in [4.78, 5) is 22.1. The zero-order valence-corrected chi connectivity index (χ0v) is 10.3. The summed E-state index contributed by atoms with van der Waals surface area (Å²) in [6, 6.07) is 0. The highest BCUT2D eigenvalue weighted by atomic mass is 16.5. The van der Waals surface area contributed by atoms with Gasteiger partial charge in [-0.15, -0.1) is 0 Å². The molecule has 0 spiro atoms. The van der Waals surface area contributed by atoms with Gasteiger partial charge in [0.05, 0.1) is 13.0 Å². The van der Waals surface area contributed by atoms with Crippen LogP contribution in [0.25, 0.3) is 0 Å². The number of carbonyl (C=O) groups is 2. The summed E-state index contributed by atoms with van der Waals surface area (Å²) in [7, 11) is 0. The van der Waals surface area contributed by atoms with Crippen LogP contribution in [0.15, 0.2) is 0 Å². The molecule has 17 heavy (non-hydrogen) atoms. The van der Waals surface area contributed by atoms with Gasteiger partial charge in [-0.25, -0.2) is 4.79 Å². The number of amides is 1. The zero-order chi connectivity index (χ0) is 12.7. The SMILES string of the molecule is CCOC(=O)NCC1(CC(=O)O)CCCCC1. The van der Waals surface area contributed by atoms with Gasteiger partial charge >= 0.3 is 12.1 Å². The van der Waals surface area contributed by atoms with Gasteiger partial charge in [-0.05, 0) is 25.2 Å². The number of carbonyl (C=O) groups excluding carboxylic acids is 1. The molecule has 1 amide bonds. The lowest BCUT2D eigenvalue weighted by molar-refractivity contribution is -0.140. The van der Waals surface area contributed by atoms with E-state index in [0.717, 1.165) is 32.1 Å². The molecular weight excluding hydrogens is 222 g/mol. The highest BCUT2D eigenvalue weighted by Crippen LogP contribution is 2.38. The number of rotatable bonds is 5. The molecule has 1 rings (SSSR count). The van der Waals surface area contributed by atoms with E-state index in [1.807, 2.05) is 0 Å². The van der Waals surface area contributed by atoms with Crippen LogP contribution in [0, 0.1) is 5.41 Å². The highest BCUT2D eigenvalue weighted by Gasteiger charge is 2.34. The van der Waals surface area contributed by atoms with Gasteiger partial charge in [0, 0.05) is 6.54 Å². The second kappa shape index (κ2) is 6.47. The van der Waals surface area contributed by atoms with Gasteiger partial charge in [-0.1, -0.05) is 19.3 Å². The number of ether oxygens (including phenoxy) is 1. The number of hydrogen-bond donors (Lipinski definition) is 2. The summed E-state index contributed by atoms with van der Waals surface area (Å²) in [6.45, 7) is 2.48. The molecule has 0 unspecified atom stereocenters. The van der Waals surface area contributed by atoms with E-state index >= 15 is 0 Å². The Hall–Kier alpha value is -1.26. The maximum Gasteiger partial charge on any atom is 0.407 e. The number of nitrogens with one attached hydrogen (secondary N) is 1. The molecule has 0 aromatic carbocycles. The van der Waals surface area contributed by atoms with Crippen LogP contribution < -0.4 is 5.32 Å². The Morgan fingerprint density at radius 1 is 1.29 bits per heavy atom. The number of carboxylic acids is 1. The molecule has 0 aromatic heterocycles. The van der Waals surface area contributed by atoms with Crippen LogP contribution in [-0.2, 0) is 9.53 Å². The summed E-state index contributed by atoms with van der Waals surface area (Å²) in [5.74, 6) is -0.794. The van der Waals surface area contributed by atoms with Crippen LogP contribution in [0.2, 0.25) is 0 Å². The van der Waals surface area contributed by atoms with Crippen molar-refractivity contribution in [3.05, 3.63) is 0 Å². The lowest BCUT2D eigenvalue weighted by Crippen LogP contribution is -2.40. The van der Waals surface area contributed by atoms with Crippen LogP contribution in [0.5, 0.6) is 0 Å². The minimum Gasteiger partial charge on any atom is -0.481 e. The van der Waals surface area contributed by atoms with Crippen molar-refractivity contribution >= 4 is 12.1 Å². The van der Waals surface area contributed by atoms with E-state index in [9.17, 15) is 9.59 Å². The largest absolute Gasteiger partial charge is 0.481 e. The van der Waals surface area contributed by atoms with Crippen molar-refractivity contribution in [3.8, 4) is 0 Å². The highest BCUT2D eigenvalue weighted by molar-refractivity contribution is 5.69. The first kappa shape index (κ1) is 13.8. The van der Waals surface area contributed by atoms with Gasteiger partial charge in [-0.2, -0.15) is 0 Å². The molecule has 0 aromatic rings. The molecular formula is C12H21NO4. The Morgan fingerprint density at radius 3 is 2.47 bits per heavy atom. The van der Waals surface area contributed by atoms with E-state index in [4.69, 9.17) is 9.84 Å². The van der Waals surface area contributed by atoms with Crippen molar-refractivity contribution in [3.63, 3.8) is 0 Å². The molecule has 0 aliphatic heterocycles. The Morgan fingerprint density at radius 2 is 1.94 bits per heavy atom. The summed E-state index contributed by atoms with van der Waals surface area (Å²) in [5.41, 5.74) is -0.281. The molecule has 0 radical (unpaired) electrons. The fraction of sp³-hybridized carbons (Fsp3) is 0.833. The smallest absolute Gasteiger partial charge is 0.407 e. The molecule has 98 valence electrons. The fourth-order valence-corrected chi connectivity index (χ4v) is 2.48. The molecule has 0 bridgehead atoms. The summed E-state index contributed by atoms with van der Waals surface area (Å²) >= 11 is 0. The van der Waals surface area contributed by atoms with Gasteiger partial charge < -0.3 is 15.2 Å². The van der Waals surface area contributed by atoms with Gasteiger partial charge in [-0.3, -0.25) is 4.79 Å². The lowest BCUT2D eigenvalue weighted by Gasteiger charge is -2.36. The van der Waals surface area contributed by atoms with Crippen LogP contribution in [0.1, 0.15) is 45.4 Å². The third kappa shape index (κ3) is 4.63. The van der Waals surface area contributed by atoms with Gasteiger partial charge in [0.1, 0.15) is 0 Å². The fourth-order valence-electron chi connectivity index (χ4n) is 2.48. The van der Waals surface area contributed by atoms with Crippen molar-refractivity contribution in [1.82, 2.24) is 5.32 Å². The van der Waals surface area contributed by atoms with Gasteiger partial charge in [0.25, 0.3) is 0 Å². The number of hydrogen-bond acceptors (Lipinski definition) is 3. The minimum atomic E-state index is -0.794. The predicted octanol–water partition coefficient (Wildman–Crippen LogP) is 2.16. The van der Waals surface area contributed by atoms with Crippen LogP contribution in [0.3, 0.4) is 0 Å². The second-order valence-electron chi connectivity index (χ2n) is 4.71. The molecule has 1 saturated carbocycles. The second-order valence-corrected chi connectivity index (χ2v) is 4.71. The van der Waals surface area contributed by atoms with Crippen LogP contribution >= 0.6 is 0 Å². The number of aliphatic carboxylic acids is 1. The third-order valence-corrected chi connectivity index (χ3v) is 3.32. The van der Waals surface area contributed by atoms with Crippen molar-refractivity contribution < 1.29 is 19.4 Å². The summed E-state index contributed by atoms with van der Waals surface area (Å²) in [6.07, 6.45) is 4.63. The quantitative estimate of drug-likeness (QED) is 0.775. The van der Waals surface area contributed by atoms with E-state index in [2.05, 4.69) is 5.32 Å². The maximum atomic E-state index is 11.2. The Bertz CT molecular complexity index is 272. The summed E-state index contributed by atoms with van der Waals surface area (Å²) in [5, 5.41) is 11.6. The molecule has 1 fully saturated rings. The third-order valence-electron chi connectivity index (χ3n) is 3.32. The lowest BCUT2D eigenvalue weighted by atomic mass is 9.72. The van der Waals surface area contributed by atoms with E-state index in [1.165, 1.54) is 0 Å². The van der Waals surface area contributed by atoms with Crippen molar-refractivity contribution in [2.24, 2.45) is 5.41 Å². The molecule has 1 aliphatic rings.